The van der Waals surface area contributed by atoms with Gasteiger partial charge in [0.25, 0.3) is 5.56 Å². The van der Waals surface area contributed by atoms with Gasteiger partial charge in [-0.2, -0.15) is 0 Å². The zero-order chi connectivity index (χ0) is 22.9. The first-order chi connectivity index (χ1) is 16.7. The van der Waals surface area contributed by atoms with E-state index in [1.54, 1.807) is 0 Å². The van der Waals surface area contributed by atoms with Crippen LogP contribution in [0.1, 0.15) is 30.1 Å². The van der Waals surface area contributed by atoms with E-state index in [2.05, 4.69) is 36.8 Å². The second-order valence-electron chi connectivity index (χ2n) is 8.53. The first-order valence-corrected chi connectivity index (χ1v) is 12.4. The largest absolute Gasteiger partial charge is 0.449 e. The number of H-pyrrole nitrogens is 1. The number of aromatic amines is 1. The average molecular weight is 473 g/mol. The summed E-state index contributed by atoms with van der Waals surface area (Å²) in [5, 5.41) is 10.7. The molecule has 0 amide bonds. The van der Waals surface area contributed by atoms with Crippen molar-refractivity contribution in [1.82, 2.24) is 29.6 Å². The Hall–Kier alpha value is -3.43. The molecular formula is C25H24N6O2S. The molecule has 34 heavy (non-hydrogen) atoms. The van der Waals surface area contributed by atoms with Crippen molar-refractivity contribution in [2.45, 2.75) is 36.8 Å². The van der Waals surface area contributed by atoms with Crippen LogP contribution in [0.2, 0.25) is 0 Å². The van der Waals surface area contributed by atoms with E-state index < -0.39 is 0 Å². The fraction of sp³-hybridized carbons (Fsp3) is 0.280. The van der Waals surface area contributed by atoms with Crippen LogP contribution in [0.5, 0.6) is 0 Å². The second kappa shape index (κ2) is 9.08. The minimum Gasteiger partial charge on any atom is -0.449 e. The first-order valence-electron chi connectivity index (χ1n) is 11.5. The Balaban J connectivity index is 1.29. The molecule has 0 atom stereocenters. The number of hydrogen-bond donors (Lipinski definition) is 1. The molecule has 8 nitrogen and oxygen atoms in total. The van der Waals surface area contributed by atoms with E-state index in [0.29, 0.717) is 29.2 Å². The van der Waals surface area contributed by atoms with Crippen LogP contribution in [0.15, 0.2) is 69.0 Å². The highest BCUT2D eigenvalue weighted by molar-refractivity contribution is 7.98. The van der Waals surface area contributed by atoms with E-state index in [4.69, 9.17) is 9.40 Å². The molecule has 0 bridgehead atoms. The Morgan fingerprint density at radius 1 is 0.971 bits per heavy atom. The SMILES string of the molecule is O=c1[nH]c(CSc2nnc(CN3CCCC3)n2Cc2ccccc2)nc2c1oc1ccccc12. The summed E-state index contributed by atoms with van der Waals surface area (Å²) in [5.41, 5.74) is 2.45. The summed E-state index contributed by atoms with van der Waals surface area (Å²) < 4.78 is 7.89. The number of thioether (sulfide) groups is 1. The lowest BCUT2D eigenvalue weighted by Crippen LogP contribution is -2.21. The van der Waals surface area contributed by atoms with Crippen molar-refractivity contribution >= 4 is 33.8 Å². The molecule has 1 fully saturated rings. The molecule has 2 aromatic carbocycles. The van der Waals surface area contributed by atoms with Crippen molar-refractivity contribution in [3.8, 4) is 0 Å². The van der Waals surface area contributed by atoms with Crippen LogP contribution in [0.25, 0.3) is 22.1 Å². The standard InChI is InChI=1S/C25H24N6O2S/c32-24-23-22(18-10-4-5-11-19(18)33-23)26-20(27-24)16-34-25-29-28-21(15-30-12-6-7-13-30)31(25)14-17-8-2-1-3-9-17/h1-5,8-11H,6-7,12-16H2,(H,26,27,32). The van der Waals surface area contributed by atoms with E-state index in [-0.39, 0.29) is 11.1 Å². The highest BCUT2D eigenvalue weighted by Crippen LogP contribution is 2.27. The quantitative estimate of drug-likeness (QED) is 0.355. The highest BCUT2D eigenvalue weighted by Gasteiger charge is 2.19. The van der Waals surface area contributed by atoms with E-state index in [9.17, 15) is 4.79 Å². The molecule has 0 saturated carbocycles. The van der Waals surface area contributed by atoms with Gasteiger partial charge in [0.1, 0.15) is 22.7 Å². The van der Waals surface area contributed by atoms with Gasteiger partial charge in [-0.05, 0) is 43.6 Å². The van der Waals surface area contributed by atoms with Gasteiger partial charge in [0.15, 0.2) is 5.16 Å². The summed E-state index contributed by atoms with van der Waals surface area (Å²) in [6, 6.07) is 17.9. The number of hydrogen-bond acceptors (Lipinski definition) is 7. The highest BCUT2D eigenvalue weighted by atomic mass is 32.2. The average Bonchev–Trinajstić information content (AvgIpc) is 3.59. The third kappa shape index (κ3) is 4.12. The molecule has 4 heterocycles. The summed E-state index contributed by atoms with van der Waals surface area (Å²) in [5.74, 6) is 2.02. The predicted molar refractivity (Wildman–Crippen MR) is 132 cm³/mol. The second-order valence-corrected chi connectivity index (χ2v) is 9.47. The Kier molecular flexibility index (Phi) is 5.64. The molecule has 1 aliphatic heterocycles. The fourth-order valence-corrected chi connectivity index (χ4v) is 5.28. The zero-order valence-electron chi connectivity index (χ0n) is 18.6. The Morgan fingerprint density at radius 2 is 1.76 bits per heavy atom. The van der Waals surface area contributed by atoms with Gasteiger partial charge < -0.3 is 14.0 Å². The van der Waals surface area contributed by atoms with Gasteiger partial charge in [-0.15, -0.1) is 10.2 Å². The minimum absolute atomic E-state index is 0.259. The molecule has 0 aliphatic carbocycles. The minimum atomic E-state index is -0.266. The van der Waals surface area contributed by atoms with Gasteiger partial charge in [-0.3, -0.25) is 9.69 Å². The Morgan fingerprint density at radius 3 is 2.62 bits per heavy atom. The molecule has 6 rings (SSSR count). The summed E-state index contributed by atoms with van der Waals surface area (Å²) >= 11 is 1.53. The van der Waals surface area contributed by atoms with Crippen LogP contribution < -0.4 is 5.56 Å². The maximum atomic E-state index is 12.6. The molecule has 0 unspecified atom stereocenters. The molecule has 1 N–H and O–H groups in total. The lowest BCUT2D eigenvalue weighted by Gasteiger charge is -2.16. The summed E-state index contributed by atoms with van der Waals surface area (Å²) in [7, 11) is 0. The monoisotopic (exact) mass is 472 g/mol. The predicted octanol–water partition coefficient (Wildman–Crippen LogP) is 4.20. The van der Waals surface area contributed by atoms with Gasteiger partial charge >= 0.3 is 0 Å². The van der Waals surface area contributed by atoms with Crippen molar-refractivity contribution < 1.29 is 4.42 Å². The van der Waals surface area contributed by atoms with Gasteiger partial charge in [0.2, 0.25) is 5.58 Å². The van der Waals surface area contributed by atoms with Gasteiger partial charge in [0, 0.05) is 5.39 Å². The molecule has 172 valence electrons. The Bertz CT molecular complexity index is 1500. The third-order valence-corrected chi connectivity index (χ3v) is 7.14. The molecule has 0 radical (unpaired) electrons. The zero-order valence-corrected chi connectivity index (χ0v) is 19.4. The maximum Gasteiger partial charge on any atom is 0.294 e. The molecule has 9 heteroatoms. The van der Waals surface area contributed by atoms with Crippen molar-refractivity contribution in [2.24, 2.45) is 0 Å². The molecule has 0 spiro atoms. The van der Waals surface area contributed by atoms with Crippen LogP contribution in [-0.4, -0.2) is 42.7 Å². The number of nitrogens with zero attached hydrogens (tertiary/aromatic N) is 5. The van der Waals surface area contributed by atoms with Crippen molar-refractivity contribution in [3.63, 3.8) is 0 Å². The van der Waals surface area contributed by atoms with Crippen molar-refractivity contribution in [1.29, 1.82) is 0 Å². The van der Waals surface area contributed by atoms with E-state index in [0.717, 1.165) is 36.0 Å². The third-order valence-electron chi connectivity index (χ3n) is 6.16. The van der Waals surface area contributed by atoms with Crippen molar-refractivity contribution in [2.75, 3.05) is 13.1 Å². The fourth-order valence-electron chi connectivity index (χ4n) is 4.46. The van der Waals surface area contributed by atoms with E-state index in [1.807, 2.05) is 42.5 Å². The Labute approximate surface area is 200 Å². The van der Waals surface area contributed by atoms with Crippen LogP contribution in [-0.2, 0) is 18.8 Å². The number of benzene rings is 2. The van der Waals surface area contributed by atoms with Gasteiger partial charge in [0.05, 0.1) is 18.8 Å². The van der Waals surface area contributed by atoms with Crippen molar-refractivity contribution in [3.05, 3.63) is 82.2 Å². The summed E-state index contributed by atoms with van der Waals surface area (Å²) in [6.07, 6.45) is 2.47. The molecule has 3 aromatic heterocycles. The van der Waals surface area contributed by atoms with Gasteiger partial charge in [-0.1, -0.05) is 54.2 Å². The number of fused-ring (bicyclic) bond motifs is 3. The van der Waals surface area contributed by atoms with Crippen LogP contribution in [0, 0.1) is 0 Å². The maximum absolute atomic E-state index is 12.6. The lowest BCUT2D eigenvalue weighted by atomic mass is 10.2. The summed E-state index contributed by atoms with van der Waals surface area (Å²) in [6.45, 7) is 3.70. The molecular weight excluding hydrogens is 448 g/mol. The smallest absolute Gasteiger partial charge is 0.294 e. The number of likely N-dealkylation sites (tertiary alicyclic amines) is 1. The lowest BCUT2D eigenvalue weighted by molar-refractivity contribution is 0.316. The number of nitrogens with one attached hydrogen (secondary N) is 1. The van der Waals surface area contributed by atoms with E-state index in [1.165, 1.54) is 30.2 Å². The van der Waals surface area contributed by atoms with Crippen LogP contribution in [0.4, 0.5) is 0 Å². The van der Waals surface area contributed by atoms with Gasteiger partial charge in [-0.25, -0.2) is 4.98 Å². The number of para-hydroxylation sites is 1. The first kappa shape index (κ1) is 21.1. The van der Waals surface area contributed by atoms with E-state index >= 15 is 0 Å². The number of rotatable bonds is 7. The number of aromatic nitrogens is 5. The number of furan rings is 1. The molecule has 1 aliphatic rings. The molecule has 5 aromatic rings. The topological polar surface area (TPSA) is 92.8 Å². The van der Waals surface area contributed by atoms with Crippen LogP contribution in [0.3, 0.4) is 0 Å². The van der Waals surface area contributed by atoms with Crippen LogP contribution >= 0.6 is 11.8 Å². The normalized spacial score (nSPS) is 14.5. The summed E-state index contributed by atoms with van der Waals surface area (Å²) in [4.78, 5) is 22.7. The molecule has 1 saturated heterocycles.